The predicted octanol–water partition coefficient (Wildman–Crippen LogP) is 4.22. The Morgan fingerprint density at radius 1 is 1.16 bits per heavy atom. The van der Waals surface area contributed by atoms with Gasteiger partial charge in [0.15, 0.2) is 0 Å². The molecular formula is C27H30N6O4S. The Morgan fingerprint density at radius 3 is 2.66 bits per heavy atom. The molecule has 5 rings (SSSR count). The minimum atomic E-state index is -0.806. The van der Waals surface area contributed by atoms with Gasteiger partial charge in [0.1, 0.15) is 24.1 Å². The third-order valence-electron chi connectivity index (χ3n) is 6.63. The molecule has 1 aliphatic carbocycles. The van der Waals surface area contributed by atoms with E-state index >= 15 is 0 Å². The number of hydrogen-bond donors (Lipinski definition) is 1. The van der Waals surface area contributed by atoms with Gasteiger partial charge in [-0.25, -0.2) is 0 Å². The van der Waals surface area contributed by atoms with E-state index in [0.29, 0.717) is 11.6 Å². The van der Waals surface area contributed by atoms with Crippen molar-refractivity contribution in [3.63, 3.8) is 0 Å². The second-order valence-corrected chi connectivity index (χ2v) is 10.2. The second-order valence-electron chi connectivity index (χ2n) is 9.23. The van der Waals surface area contributed by atoms with Gasteiger partial charge in [-0.05, 0) is 65.9 Å². The van der Waals surface area contributed by atoms with Crippen molar-refractivity contribution in [2.24, 2.45) is 0 Å². The molecule has 1 aromatic carbocycles. The van der Waals surface area contributed by atoms with Crippen LogP contribution in [-0.2, 0) is 22.7 Å². The van der Waals surface area contributed by atoms with Crippen LogP contribution in [0.5, 0.6) is 5.75 Å². The Morgan fingerprint density at radius 2 is 1.97 bits per heavy atom. The molecule has 10 nitrogen and oxygen atoms in total. The summed E-state index contributed by atoms with van der Waals surface area (Å²) in [7, 11) is 1.60. The molecular weight excluding hydrogens is 504 g/mol. The highest BCUT2D eigenvalue weighted by Crippen LogP contribution is 2.29. The zero-order chi connectivity index (χ0) is 26.3. The maximum atomic E-state index is 13.8. The molecule has 0 bridgehead atoms. The van der Waals surface area contributed by atoms with Gasteiger partial charge in [-0.1, -0.05) is 25.3 Å². The first kappa shape index (κ1) is 25.7. The maximum Gasteiger partial charge on any atom is 0.248 e. The first-order valence-corrected chi connectivity index (χ1v) is 13.6. The number of tetrazole rings is 1. The molecule has 0 unspecified atom stereocenters. The molecule has 1 N–H and O–H groups in total. The van der Waals surface area contributed by atoms with Crippen molar-refractivity contribution < 1.29 is 18.7 Å². The van der Waals surface area contributed by atoms with Gasteiger partial charge >= 0.3 is 0 Å². The van der Waals surface area contributed by atoms with Crippen molar-refractivity contribution in [1.82, 2.24) is 30.4 Å². The maximum absolute atomic E-state index is 13.8. The Labute approximate surface area is 224 Å². The fraction of sp³-hybridized carbons (Fsp3) is 0.370. The van der Waals surface area contributed by atoms with E-state index in [2.05, 4.69) is 20.7 Å². The molecule has 198 valence electrons. The highest BCUT2D eigenvalue weighted by atomic mass is 32.1. The van der Waals surface area contributed by atoms with Crippen LogP contribution in [0.1, 0.15) is 48.8 Å². The zero-order valence-electron chi connectivity index (χ0n) is 21.2. The van der Waals surface area contributed by atoms with E-state index in [1.807, 2.05) is 41.8 Å². The summed E-state index contributed by atoms with van der Waals surface area (Å²) in [6.07, 6.45) is 6.84. The third-order valence-corrected chi connectivity index (χ3v) is 7.55. The molecule has 0 aliphatic heterocycles. The van der Waals surface area contributed by atoms with Crippen LogP contribution in [0, 0.1) is 0 Å². The summed E-state index contributed by atoms with van der Waals surface area (Å²) < 4.78 is 10.8. The number of nitrogens with zero attached hydrogens (tertiary/aromatic N) is 5. The highest BCUT2D eigenvalue weighted by molar-refractivity contribution is 7.10. The Kier molecular flexibility index (Phi) is 8.12. The number of methoxy groups -OCH3 is 1. The fourth-order valence-corrected chi connectivity index (χ4v) is 5.50. The van der Waals surface area contributed by atoms with E-state index in [1.165, 1.54) is 22.6 Å². The summed E-state index contributed by atoms with van der Waals surface area (Å²) in [5.74, 6) is 1.18. The first-order chi connectivity index (χ1) is 18.6. The largest absolute Gasteiger partial charge is 0.497 e. The normalized spacial score (nSPS) is 14.7. The summed E-state index contributed by atoms with van der Waals surface area (Å²) in [6.45, 7) is -0.0467. The van der Waals surface area contributed by atoms with Crippen LogP contribution < -0.4 is 10.1 Å². The summed E-state index contributed by atoms with van der Waals surface area (Å²) in [5.41, 5.74) is 0.750. The third kappa shape index (κ3) is 6.10. The monoisotopic (exact) mass is 534 g/mol. The Hall–Kier alpha value is -3.99. The number of hydrogen-bond acceptors (Lipinski definition) is 8. The topological polar surface area (TPSA) is 115 Å². The number of nitrogens with one attached hydrogen (secondary N) is 1. The lowest BCUT2D eigenvalue weighted by atomic mass is 9.95. The number of amides is 2. The quantitative estimate of drug-likeness (QED) is 0.324. The van der Waals surface area contributed by atoms with Crippen LogP contribution in [0.25, 0.3) is 11.4 Å². The molecule has 3 heterocycles. The lowest BCUT2D eigenvalue weighted by Gasteiger charge is -2.32. The van der Waals surface area contributed by atoms with Crippen LogP contribution in [0.3, 0.4) is 0 Å². The molecule has 3 aromatic heterocycles. The van der Waals surface area contributed by atoms with Gasteiger partial charge in [0.25, 0.3) is 0 Å². The van der Waals surface area contributed by atoms with E-state index in [-0.39, 0.29) is 30.9 Å². The van der Waals surface area contributed by atoms with Crippen LogP contribution in [-0.4, -0.2) is 50.1 Å². The van der Waals surface area contributed by atoms with Crippen LogP contribution >= 0.6 is 11.3 Å². The number of thiophene rings is 1. The number of benzene rings is 1. The lowest BCUT2D eigenvalue weighted by molar-refractivity contribution is -0.143. The molecule has 0 spiro atoms. The van der Waals surface area contributed by atoms with Crippen molar-refractivity contribution in [3.05, 3.63) is 70.8 Å². The molecule has 38 heavy (non-hydrogen) atoms. The fourth-order valence-electron chi connectivity index (χ4n) is 4.67. The number of furan rings is 1. The molecule has 1 fully saturated rings. The van der Waals surface area contributed by atoms with Crippen molar-refractivity contribution in [3.8, 4) is 17.1 Å². The van der Waals surface area contributed by atoms with Gasteiger partial charge < -0.3 is 19.4 Å². The molecule has 4 aromatic rings. The van der Waals surface area contributed by atoms with Crippen molar-refractivity contribution >= 4 is 23.2 Å². The Balaban J connectivity index is 1.39. The molecule has 2 amide bonds. The van der Waals surface area contributed by atoms with E-state index in [0.717, 1.165) is 41.9 Å². The summed E-state index contributed by atoms with van der Waals surface area (Å²) in [4.78, 5) is 31.0. The average molecular weight is 535 g/mol. The number of carbonyl (C=O) groups is 2. The first-order valence-electron chi connectivity index (χ1n) is 12.7. The standard InChI is InChI=1S/C27H30N6O4S/c1-36-21-13-11-19(12-14-21)26-29-31-33(30-26)18-24(34)32(17-22-9-5-15-37-22)25(23-10-6-16-38-23)27(35)28-20-7-3-2-4-8-20/h5-6,9-16,20,25H,2-4,7-8,17-18H2,1H3,(H,28,35)/t25-/m0/s1. The molecule has 1 saturated carbocycles. The SMILES string of the molecule is COc1ccc(-c2nnn(CC(=O)N(Cc3ccco3)[C@H](C(=O)NC3CCCCC3)c3cccs3)n2)cc1. The van der Waals surface area contributed by atoms with E-state index in [1.54, 1.807) is 30.4 Å². The van der Waals surface area contributed by atoms with E-state index in [9.17, 15) is 9.59 Å². The molecule has 1 atom stereocenters. The van der Waals surface area contributed by atoms with E-state index in [4.69, 9.17) is 9.15 Å². The van der Waals surface area contributed by atoms with Gasteiger partial charge in [0.05, 0.1) is 19.9 Å². The van der Waals surface area contributed by atoms with Gasteiger partial charge in [0.2, 0.25) is 17.6 Å². The van der Waals surface area contributed by atoms with Gasteiger partial charge in [-0.3, -0.25) is 9.59 Å². The number of ether oxygens (including phenoxy) is 1. The lowest BCUT2D eigenvalue weighted by Crippen LogP contribution is -2.47. The number of rotatable bonds is 10. The predicted molar refractivity (Wildman–Crippen MR) is 141 cm³/mol. The minimum Gasteiger partial charge on any atom is -0.497 e. The number of aromatic nitrogens is 4. The van der Waals surface area contributed by atoms with Crippen LogP contribution in [0.15, 0.2) is 64.6 Å². The van der Waals surface area contributed by atoms with Crippen molar-refractivity contribution in [2.75, 3.05) is 7.11 Å². The summed E-state index contributed by atoms with van der Waals surface area (Å²) in [6, 6.07) is 13.9. The number of carbonyl (C=O) groups excluding carboxylic acids is 2. The van der Waals surface area contributed by atoms with Crippen molar-refractivity contribution in [1.29, 1.82) is 0 Å². The molecule has 1 aliphatic rings. The van der Waals surface area contributed by atoms with Gasteiger partial charge in [-0.2, -0.15) is 4.80 Å². The molecule has 0 saturated heterocycles. The highest BCUT2D eigenvalue weighted by Gasteiger charge is 2.34. The van der Waals surface area contributed by atoms with Crippen molar-refractivity contribution in [2.45, 2.75) is 57.3 Å². The second kappa shape index (κ2) is 12.0. The smallest absolute Gasteiger partial charge is 0.248 e. The summed E-state index contributed by atoms with van der Waals surface area (Å²) in [5, 5.41) is 17.7. The molecule has 11 heteroatoms. The molecule has 0 radical (unpaired) electrons. The average Bonchev–Trinajstić information content (AvgIpc) is 3.73. The van der Waals surface area contributed by atoms with Crippen LogP contribution in [0.4, 0.5) is 0 Å². The summed E-state index contributed by atoms with van der Waals surface area (Å²) >= 11 is 1.44. The van der Waals surface area contributed by atoms with Gasteiger partial charge in [-0.15, -0.1) is 21.5 Å². The van der Waals surface area contributed by atoms with Crippen LogP contribution in [0.2, 0.25) is 0 Å². The van der Waals surface area contributed by atoms with Gasteiger partial charge in [0, 0.05) is 16.5 Å². The Bertz CT molecular complexity index is 1310. The van der Waals surface area contributed by atoms with E-state index < -0.39 is 6.04 Å². The minimum absolute atomic E-state index is 0.114. The zero-order valence-corrected chi connectivity index (χ0v) is 22.0.